The predicted octanol–water partition coefficient (Wildman–Crippen LogP) is 2.90. The van der Waals surface area contributed by atoms with Gasteiger partial charge in [-0.1, -0.05) is 6.07 Å². The van der Waals surface area contributed by atoms with Crippen LogP contribution in [-0.4, -0.2) is 15.8 Å². The Bertz CT molecular complexity index is 514. The van der Waals surface area contributed by atoms with Crippen LogP contribution in [0.15, 0.2) is 24.4 Å². The summed E-state index contributed by atoms with van der Waals surface area (Å²) in [6, 6.07) is 5.78. The number of aryl methyl sites for hydroxylation is 3. The lowest BCUT2D eigenvalue weighted by molar-refractivity contribution is -0.118. The molecule has 94 valence electrons. The van der Waals surface area contributed by atoms with E-state index in [1.54, 1.807) is 17.5 Å². The number of carbonyl (C=O) groups excluding carboxylic acids is 1. The molecule has 0 atom stereocenters. The Morgan fingerprint density at radius 2 is 2.17 bits per heavy atom. The Hall–Kier alpha value is -1.55. The van der Waals surface area contributed by atoms with E-state index < -0.39 is 0 Å². The molecule has 18 heavy (non-hydrogen) atoms. The molecule has 0 saturated heterocycles. The second-order valence-corrected chi connectivity index (χ2v) is 5.57. The van der Waals surface area contributed by atoms with Gasteiger partial charge in [-0.15, -0.1) is 11.3 Å². The number of nitrogens with zero attached hydrogens (tertiary/aromatic N) is 2. The molecule has 0 fully saturated rings. The van der Waals surface area contributed by atoms with Crippen molar-refractivity contribution in [2.24, 2.45) is 0 Å². The fraction of sp³-hybridized carbons (Fsp3) is 0.357. The highest BCUT2D eigenvalue weighted by molar-refractivity contribution is 7.11. The number of aromatic nitrogens is 2. The summed E-state index contributed by atoms with van der Waals surface area (Å²) in [7, 11) is 0. The van der Waals surface area contributed by atoms with Gasteiger partial charge in [0.2, 0.25) is 0 Å². The van der Waals surface area contributed by atoms with Crippen LogP contribution in [-0.2, 0) is 17.6 Å². The number of hydrogen-bond acceptors (Lipinski definition) is 4. The molecule has 0 saturated carbocycles. The minimum atomic E-state index is 0.231. The summed E-state index contributed by atoms with van der Waals surface area (Å²) in [6.07, 6.45) is 3.46. The topological polar surface area (TPSA) is 42.9 Å². The first-order valence-electron chi connectivity index (χ1n) is 5.99. The molecule has 0 aliphatic carbocycles. The molecule has 2 rings (SSSR count). The van der Waals surface area contributed by atoms with Crippen LogP contribution in [0.1, 0.15) is 27.7 Å². The molecular formula is C14H16N2OS. The smallest absolute Gasteiger partial charge is 0.140 e. The van der Waals surface area contributed by atoms with Crippen LogP contribution in [0.3, 0.4) is 0 Å². The first-order chi connectivity index (χ1) is 8.65. The molecule has 0 bridgehead atoms. The Morgan fingerprint density at radius 3 is 2.78 bits per heavy atom. The number of Topliss-reactive ketones (excluding diaryl/α,β-unsaturated/α-hetero) is 1. The highest BCUT2D eigenvalue weighted by Crippen LogP contribution is 2.17. The first kappa shape index (κ1) is 12.9. The Labute approximate surface area is 111 Å². The minimum Gasteiger partial charge on any atom is -0.299 e. The van der Waals surface area contributed by atoms with Crippen molar-refractivity contribution >= 4 is 17.1 Å². The van der Waals surface area contributed by atoms with Gasteiger partial charge < -0.3 is 0 Å². The van der Waals surface area contributed by atoms with E-state index >= 15 is 0 Å². The lowest BCUT2D eigenvalue weighted by Gasteiger charge is -1.99. The summed E-state index contributed by atoms with van der Waals surface area (Å²) < 4.78 is 0. The van der Waals surface area contributed by atoms with E-state index in [1.165, 1.54) is 4.88 Å². The number of rotatable bonds is 5. The van der Waals surface area contributed by atoms with Crippen LogP contribution >= 0.6 is 11.3 Å². The van der Waals surface area contributed by atoms with Crippen molar-refractivity contribution in [3.05, 3.63) is 45.7 Å². The molecular weight excluding hydrogens is 244 g/mol. The number of hydrogen-bond donors (Lipinski definition) is 0. The van der Waals surface area contributed by atoms with Crippen molar-refractivity contribution < 1.29 is 4.79 Å². The number of thiazole rings is 1. The van der Waals surface area contributed by atoms with Crippen LogP contribution in [0.4, 0.5) is 0 Å². The number of ketones is 1. The average molecular weight is 260 g/mol. The Morgan fingerprint density at radius 1 is 1.33 bits per heavy atom. The van der Waals surface area contributed by atoms with Gasteiger partial charge in [0.05, 0.1) is 12.1 Å². The Kier molecular flexibility index (Phi) is 4.20. The summed E-state index contributed by atoms with van der Waals surface area (Å²) in [5, 5.41) is 0.927. The monoisotopic (exact) mass is 260 g/mol. The standard InChI is InChI=1S/C14H16N2OS/c1-10-11(2)18-14(16-10)9-13(17)7-6-12-5-3-4-8-15-12/h3-5,8H,6-7,9H2,1-2H3. The number of pyridine rings is 1. The molecule has 0 aliphatic heterocycles. The first-order valence-corrected chi connectivity index (χ1v) is 6.81. The zero-order chi connectivity index (χ0) is 13.0. The van der Waals surface area contributed by atoms with Crippen molar-refractivity contribution in [2.45, 2.75) is 33.1 Å². The lowest BCUT2D eigenvalue weighted by Crippen LogP contribution is -2.04. The Balaban J connectivity index is 1.86. The molecule has 0 radical (unpaired) electrons. The molecule has 0 unspecified atom stereocenters. The average Bonchev–Trinajstić information content (AvgIpc) is 2.67. The zero-order valence-corrected chi connectivity index (χ0v) is 11.5. The van der Waals surface area contributed by atoms with Gasteiger partial charge in [0.1, 0.15) is 10.8 Å². The summed E-state index contributed by atoms with van der Waals surface area (Å²) in [5.74, 6) is 0.231. The lowest BCUT2D eigenvalue weighted by atomic mass is 10.1. The molecule has 0 aliphatic rings. The third-order valence-corrected chi connectivity index (χ3v) is 3.88. The van der Waals surface area contributed by atoms with Gasteiger partial charge in [-0.05, 0) is 32.4 Å². The summed E-state index contributed by atoms with van der Waals surface area (Å²) in [4.78, 5) is 21.6. The van der Waals surface area contributed by atoms with E-state index in [0.29, 0.717) is 19.3 Å². The van der Waals surface area contributed by atoms with Gasteiger partial charge in [0.25, 0.3) is 0 Å². The van der Waals surface area contributed by atoms with Gasteiger partial charge in [0, 0.05) is 23.2 Å². The summed E-state index contributed by atoms with van der Waals surface area (Å²) >= 11 is 1.62. The molecule has 2 aromatic rings. The van der Waals surface area contributed by atoms with E-state index in [4.69, 9.17) is 0 Å². The van der Waals surface area contributed by atoms with E-state index in [9.17, 15) is 4.79 Å². The quantitative estimate of drug-likeness (QED) is 0.830. The van der Waals surface area contributed by atoms with Crippen LogP contribution < -0.4 is 0 Å². The molecule has 2 heterocycles. The molecule has 0 N–H and O–H groups in total. The van der Waals surface area contributed by atoms with Gasteiger partial charge in [-0.2, -0.15) is 0 Å². The van der Waals surface area contributed by atoms with Crippen LogP contribution in [0.5, 0.6) is 0 Å². The van der Waals surface area contributed by atoms with E-state index in [1.807, 2.05) is 32.0 Å². The predicted molar refractivity (Wildman–Crippen MR) is 72.9 cm³/mol. The number of carbonyl (C=O) groups is 1. The van der Waals surface area contributed by atoms with Crippen LogP contribution in [0.2, 0.25) is 0 Å². The van der Waals surface area contributed by atoms with Crippen molar-refractivity contribution in [1.29, 1.82) is 0 Å². The minimum absolute atomic E-state index is 0.231. The third-order valence-electron chi connectivity index (χ3n) is 2.81. The van der Waals surface area contributed by atoms with Crippen molar-refractivity contribution in [3.8, 4) is 0 Å². The van der Waals surface area contributed by atoms with Crippen molar-refractivity contribution in [2.75, 3.05) is 0 Å². The van der Waals surface area contributed by atoms with E-state index in [-0.39, 0.29) is 5.78 Å². The largest absolute Gasteiger partial charge is 0.299 e. The maximum absolute atomic E-state index is 11.8. The molecule has 4 heteroatoms. The summed E-state index contributed by atoms with van der Waals surface area (Å²) in [5.41, 5.74) is 2.00. The highest BCUT2D eigenvalue weighted by atomic mass is 32.1. The molecule has 0 spiro atoms. The van der Waals surface area contributed by atoms with E-state index in [2.05, 4.69) is 9.97 Å². The molecule has 3 nitrogen and oxygen atoms in total. The summed E-state index contributed by atoms with van der Waals surface area (Å²) in [6.45, 7) is 4.02. The molecule has 0 amide bonds. The maximum atomic E-state index is 11.8. The molecule has 0 aromatic carbocycles. The fourth-order valence-corrected chi connectivity index (χ4v) is 2.65. The maximum Gasteiger partial charge on any atom is 0.140 e. The van der Waals surface area contributed by atoms with E-state index in [0.717, 1.165) is 16.4 Å². The normalized spacial score (nSPS) is 10.6. The van der Waals surface area contributed by atoms with Gasteiger partial charge in [-0.25, -0.2) is 4.98 Å². The van der Waals surface area contributed by atoms with Gasteiger partial charge in [-0.3, -0.25) is 9.78 Å². The second-order valence-electron chi connectivity index (χ2n) is 4.29. The van der Waals surface area contributed by atoms with Crippen molar-refractivity contribution in [3.63, 3.8) is 0 Å². The van der Waals surface area contributed by atoms with Gasteiger partial charge >= 0.3 is 0 Å². The fourth-order valence-electron chi connectivity index (χ4n) is 1.69. The van der Waals surface area contributed by atoms with Gasteiger partial charge in [0.15, 0.2) is 0 Å². The second kappa shape index (κ2) is 5.87. The zero-order valence-electron chi connectivity index (χ0n) is 10.6. The highest BCUT2D eigenvalue weighted by Gasteiger charge is 2.09. The van der Waals surface area contributed by atoms with Crippen LogP contribution in [0.25, 0.3) is 0 Å². The third kappa shape index (κ3) is 3.47. The van der Waals surface area contributed by atoms with Crippen molar-refractivity contribution in [1.82, 2.24) is 9.97 Å². The SMILES string of the molecule is Cc1nc(CC(=O)CCc2ccccn2)sc1C. The van der Waals surface area contributed by atoms with Crippen LogP contribution in [0, 0.1) is 13.8 Å². The molecule has 2 aromatic heterocycles.